The van der Waals surface area contributed by atoms with Gasteiger partial charge in [-0.15, -0.1) is 0 Å². The van der Waals surface area contributed by atoms with Gasteiger partial charge in [-0.25, -0.2) is 0 Å². The first-order chi connectivity index (χ1) is 7.74. The second kappa shape index (κ2) is 5.65. The second-order valence-electron chi connectivity index (χ2n) is 5.33. The molecular formula is C14H24N2. The largest absolute Gasteiger partial charge is 0.310 e. The van der Waals surface area contributed by atoms with Gasteiger partial charge in [-0.3, -0.25) is 4.90 Å². The maximum atomic E-state index is 3.63. The van der Waals surface area contributed by atoms with Gasteiger partial charge in [-0.2, -0.15) is 0 Å². The Morgan fingerprint density at radius 3 is 3.06 bits per heavy atom. The molecule has 2 aliphatic rings. The van der Waals surface area contributed by atoms with Crippen molar-refractivity contribution in [1.29, 1.82) is 0 Å². The van der Waals surface area contributed by atoms with Crippen molar-refractivity contribution in [2.24, 2.45) is 0 Å². The third-order valence-electron chi connectivity index (χ3n) is 3.37. The Hall–Kier alpha value is -0.600. The van der Waals surface area contributed by atoms with E-state index in [9.17, 15) is 0 Å². The zero-order chi connectivity index (χ0) is 11.4. The van der Waals surface area contributed by atoms with Crippen molar-refractivity contribution in [2.45, 2.75) is 45.2 Å². The summed E-state index contributed by atoms with van der Waals surface area (Å²) in [6, 6.07) is 1.32. The minimum absolute atomic E-state index is 0.613. The zero-order valence-corrected chi connectivity index (χ0v) is 10.6. The molecule has 1 heterocycles. The topological polar surface area (TPSA) is 15.3 Å². The minimum atomic E-state index is 0.613. The summed E-state index contributed by atoms with van der Waals surface area (Å²) in [5, 5.41) is 3.63. The molecule has 0 saturated carbocycles. The van der Waals surface area contributed by atoms with Crippen molar-refractivity contribution in [3.8, 4) is 0 Å². The molecule has 0 aromatic carbocycles. The molecule has 2 rings (SSSR count). The third-order valence-corrected chi connectivity index (χ3v) is 3.37. The highest BCUT2D eigenvalue weighted by Crippen LogP contribution is 2.17. The highest BCUT2D eigenvalue weighted by Gasteiger charge is 2.22. The van der Waals surface area contributed by atoms with Gasteiger partial charge in [0.15, 0.2) is 0 Å². The van der Waals surface area contributed by atoms with Crippen LogP contribution in [0.5, 0.6) is 0 Å². The van der Waals surface area contributed by atoms with Crippen LogP contribution in [0, 0.1) is 0 Å². The van der Waals surface area contributed by atoms with Gasteiger partial charge in [-0.05, 0) is 19.3 Å². The number of rotatable bonds is 4. The number of hydrogen-bond donors (Lipinski definition) is 1. The van der Waals surface area contributed by atoms with Gasteiger partial charge in [0.05, 0.1) is 0 Å². The number of allylic oxidation sites excluding steroid dienone is 3. The lowest BCUT2D eigenvalue weighted by Crippen LogP contribution is -2.37. The molecule has 2 nitrogen and oxygen atoms in total. The molecule has 16 heavy (non-hydrogen) atoms. The van der Waals surface area contributed by atoms with Crippen LogP contribution in [0.2, 0.25) is 0 Å². The molecule has 0 aromatic rings. The summed E-state index contributed by atoms with van der Waals surface area (Å²) in [7, 11) is 0. The standard InChI is InChI=1S/C14H24N2/c1-12(2)15-14-8-9-16(11-14)10-13-6-4-3-5-7-13/h3-4,6,12,14-15H,5,7-11H2,1-2H3. The molecule has 1 fully saturated rings. The molecule has 1 atom stereocenters. The molecular weight excluding hydrogens is 196 g/mol. The summed E-state index contributed by atoms with van der Waals surface area (Å²) in [4.78, 5) is 2.59. The lowest BCUT2D eigenvalue weighted by atomic mass is 10.1. The molecule has 0 bridgehead atoms. The third kappa shape index (κ3) is 3.46. The smallest absolute Gasteiger partial charge is 0.0209 e. The van der Waals surface area contributed by atoms with Gasteiger partial charge in [0, 0.05) is 31.7 Å². The van der Waals surface area contributed by atoms with E-state index >= 15 is 0 Å². The van der Waals surface area contributed by atoms with E-state index in [4.69, 9.17) is 0 Å². The van der Waals surface area contributed by atoms with Crippen molar-refractivity contribution in [3.63, 3.8) is 0 Å². The molecule has 0 spiro atoms. The molecule has 90 valence electrons. The second-order valence-corrected chi connectivity index (χ2v) is 5.33. The first-order valence-electron chi connectivity index (χ1n) is 6.57. The predicted molar refractivity (Wildman–Crippen MR) is 69.6 cm³/mol. The molecule has 2 heteroatoms. The van der Waals surface area contributed by atoms with Crippen LogP contribution >= 0.6 is 0 Å². The summed E-state index contributed by atoms with van der Waals surface area (Å²) in [5.74, 6) is 0. The van der Waals surface area contributed by atoms with E-state index in [1.165, 1.54) is 38.9 Å². The SMILES string of the molecule is CC(C)NC1CCN(CC2=CC=CCC2)C1. The molecule has 1 unspecified atom stereocenters. The summed E-state index contributed by atoms with van der Waals surface area (Å²) >= 11 is 0. The highest BCUT2D eigenvalue weighted by atomic mass is 15.2. The van der Waals surface area contributed by atoms with Crippen LogP contribution in [0.4, 0.5) is 0 Å². The van der Waals surface area contributed by atoms with Gasteiger partial charge < -0.3 is 5.32 Å². The Labute approximate surface area is 99.4 Å². The van der Waals surface area contributed by atoms with Gasteiger partial charge in [-0.1, -0.05) is 37.6 Å². The van der Waals surface area contributed by atoms with E-state index in [0.717, 1.165) is 0 Å². The predicted octanol–water partition coefficient (Wildman–Crippen LogP) is 2.34. The Kier molecular flexibility index (Phi) is 4.19. The summed E-state index contributed by atoms with van der Waals surface area (Å²) in [5.41, 5.74) is 1.60. The lowest BCUT2D eigenvalue weighted by Gasteiger charge is -2.20. The van der Waals surface area contributed by atoms with E-state index in [-0.39, 0.29) is 0 Å². The summed E-state index contributed by atoms with van der Waals surface area (Å²) < 4.78 is 0. The van der Waals surface area contributed by atoms with E-state index < -0.39 is 0 Å². The molecule has 1 aliphatic heterocycles. The van der Waals surface area contributed by atoms with E-state index in [1.54, 1.807) is 5.57 Å². The number of nitrogens with zero attached hydrogens (tertiary/aromatic N) is 1. The molecule has 0 amide bonds. The fourth-order valence-electron chi connectivity index (χ4n) is 2.66. The van der Waals surface area contributed by atoms with Crippen molar-refractivity contribution in [3.05, 3.63) is 23.8 Å². The van der Waals surface area contributed by atoms with Crippen LogP contribution in [0.15, 0.2) is 23.8 Å². The Morgan fingerprint density at radius 1 is 1.50 bits per heavy atom. The fraction of sp³-hybridized carbons (Fsp3) is 0.714. The zero-order valence-electron chi connectivity index (χ0n) is 10.6. The first-order valence-corrected chi connectivity index (χ1v) is 6.57. The first kappa shape index (κ1) is 11.9. The van der Waals surface area contributed by atoms with Gasteiger partial charge in [0.25, 0.3) is 0 Å². The quantitative estimate of drug-likeness (QED) is 0.782. The highest BCUT2D eigenvalue weighted by molar-refractivity contribution is 5.19. The van der Waals surface area contributed by atoms with Crippen molar-refractivity contribution >= 4 is 0 Å². The average molecular weight is 220 g/mol. The van der Waals surface area contributed by atoms with Crippen LogP contribution in [-0.2, 0) is 0 Å². The summed E-state index contributed by atoms with van der Waals surface area (Å²) in [6.45, 7) is 8.12. The number of nitrogens with one attached hydrogen (secondary N) is 1. The van der Waals surface area contributed by atoms with Gasteiger partial charge in [0.1, 0.15) is 0 Å². The number of hydrogen-bond acceptors (Lipinski definition) is 2. The van der Waals surface area contributed by atoms with Crippen LogP contribution in [-0.4, -0.2) is 36.6 Å². The fourth-order valence-corrected chi connectivity index (χ4v) is 2.66. The Bertz CT molecular complexity index is 278. The normalized spacial score (nSPS) is 26.4. The van der Waals surface area contributed by atoms with Crippen LogP contribution in [0.1, 0.15) is 33.1 Å². The number of likely N-dealkylation sites (tertiary alicyclic amines) is 1. The lowest BCUT2D eigenvalue weighted by molar-refractivity contribution is 0.346. The van der Waals surface area contributed by atoms with Crippen molar-refractivity contribution < 1.29 is 0 Å². The van der Waals surface area contributed by atoms with E-state index in [0.29, 0.717) is 12.1 Å². The van der Waals surface area contributed by atoms with Crippen LogP contribution < -0.4 is 5.32 Å². The van der Waals surface area contributed by atoms with Gasteiger partial charge in [0.2, 0.25) is 0 Å². The maximum absolute atomic E-state index is 3.63. The summed E-state index contributed by atoms with van der Waals surface area (Å²) in [6.07, 6.45) is 10.6. The average Bonchev–Trinajstić information content (AvgIpc) is 2.66. The Morgan fingerprint density at radius 2 is 2.38 bits per heavy atom. The minimum Gasteiger partial charge on any atom is -0.310 e. The monoisotopic (exact) mass is 220 g/mol. The molecule has 0 aromatic heterocycles. The molecule has 1 saturated heterocycles. The van der Waals surface area contributed by atoms with Crippen LogP contribution in [0.3, 0.4) is 0 Å². The maximum Gasteiger partial charge on any atom is 0.0209 e. The van der Waals surface area contributed by atoms with Crippen LogP contribution in [0.25, 0.3) is 0 Å². The molecule has 1 N–H and O–H groups in total. The van der Waals surface area contributed by atoms with E-state index in [1.807, 2.05) is 0 Å². The van der Waals surface area contributed by atoms with Gasteiger partial charge >= 0.3 is 0 Å². The molecule has 0 radical (unpaired) electrons. The molecule has 1 aliphatic carbocycles. The van der Waals surface area contributed by atoms with Crippen molar-refractivity contribution in [2.75, 3.05) is 19.6 Å². The van der Waals surface area contributed by atoms with E-state index in [2.05, 4.69) is 42.3 Å². The Balaban J connectivity index is 1.76. The van der Waals surface area contributed by atoms with Crippen molar-refractivity contribution in [1.82, 2.24) is 10.2 Å².